The highest BCUT2D eigenvalue weighted by molar-refractivity contribution is 7.99. The van der Waals surface area contributed by atoms with Crippen molar-refractivity contribution in [2.75, 3.05) is 44.0 Å². The molecule has 0 unspecified atom stereocenters. The minimum atomic E-state index is 0.520. The highest BCUT2D eigenvalue weighted by Crippen LogP contribution is 2.19. The predicted molar refractivity (Wildman–Crippen MR) is 82.3 cm³/mol. The number of nitrogen functional groups attached to an aromatic ring is 1. The Morgan fingerprint density at radius 2 is 2.05 bits per heavy atom. The van der Waals surface area contributed by atoms with Gasteiger partial charge in [-0.15, -0.1) is 0 Å². The molecule has 0 bridgehead atoms. The molecule has 1 saturated heterocycles. The van der Waals surface area contributed by atoms with Crippen LogP contribution in [0.1, 0.15) is 0 Å². The van der Waals surface area contributed by atoms with Crippen molar-refractivity contribution in [3.63, 3.8) is 0 Å². The zero-order valence-electron chi connectivity index (χ0n) is 11.6. The average molecular weight is 293 g/mol. The second-order valence-electron chi connectivity index (χ2n) is 4.77. The molecule has 1 fully saturated rings. The van der Waals surface area contributed by atoms with Crippen molar-refractivity contribution in [3.8, 4) is 5.88 Å². The maximum atomic E-state index is 6.01. The van der Waals surface area contributed by atoms with Crippen LogP contribution in [0.2, 0.25) is 0 Å². The van der Waals surface area contributed by atoms with E-state index in [1.807, 2.05) is 22.4 Å². The molecule has 6 nitrogen and oxygen atoms in total. The largest absolute Gasteiger partial charge is 0.481 e. The Kier molecular flexibility index (Phi) is 3.98. The molecule has 0 saturated carbocycles. The maximum absolute atomic E-state index is 6.01. The Balaban J connectivity index is 1.80. The standard InChI is InChI=1S/C13H19N5OS/c1-19-11-3-2-10-12(16-11)18(13(14)15-10)5-4-17-6-8-20-9-7-17/h2-3H,4-9H2,1H3,(H2,14,15). The molecule has 2 aromatic heterocycles. The van der Waals surface area contributed by atoms with Crippen LogP contribution in [0.3, 0.4) is 0 Å². The zero-order valence-corrected chi connectivity index (χ0v) is 12.4. The SMILES string of the molecule is COc1ccc2nc(N)n(CCN3CCSCC3)c2n1. The van der Waals surface area contributed by atoms with E-state index in [9.17, 15) is 0 Å². The monoisotopic (exact) mass is 293 g/mol. The van der Waals surface area contributed by atoms with Crippen LogP contribution in [0, 0.1) is 0 Å². The van der Waals surface area contributed by atoms with Gasteiger partial charge in [0.2, 0.25) is 11.8 Å². The summed E-state index contributed by atoms with van der Waals surface area (Å²) in [5.74, 6) is 3.54. The first-order chi connectivity index (χ1) is 9.78. The summed E-state index contributed by atoms with van der Waals surface area (Å²) in [7, 11) is 1.61. The number of nitrogens with zero attached hydrogens (tertiary/aromatic N) is 4. The molecular formula is C13H19N5OS. The maximum Gasteiger partial charge on any atom is 0.215 e. The van der Waals surface area contributed by atoms with Gasteiger partial charge in [0, 0.05) is 43.8 Å². The molecule has 1 aliphatic rings. The van der Waals surface area contributed by atoms with Crippen LogP contribution in [-0.4, -0.2) is 57.7 Å². The summed E-state index contributed by atoms with van der Waals surface area (Å²) in [5, 5.41) is 0. The summed E-state index contributed by atoms with van der Waals surface area (Å²) < 4.78 is 7.15. The molecule has 0 atom stereocenters. The predicted octanol–water partition coefficient (Wildman–Crippen LogP) is 1.07. The highest BCUT2D eigenvalue weighted by Gasteiger charge is 2.14. The van der Waals surface area contributed by atoms with Gasteiger partial charge in [0.25, 0.3) is 0 Å². The van der Waals surface area contributed by atoms with Gasteiger partial charge in [0.05, 0.1) is 7.11 Å². The third-order valence-corrected chi connectivity index (χ3v) is 4.49. The van der Waals surface area contributed by atoms with E-state index in [1.54, 1.807) is 13.2 Å². The second-order valence-corrected chi connectivity index (χ2v) is 6.00. The molecule has 1 aliphatic heterocycles. The molecule has 108 valence electrons. The van der Waals surface area contributed by atoms with E-state index in [2.05, 4.69) is 14.9 Å². The summed E-state index contributed by atoms with van der Waals surface area (Å²) in [4.78, 5) is 11.3. The van der Waals surface area contributed by atoms with Crippen LogP contribution in [-0.2, 0) is 6.54 Å². The molecule has 3 heterocycles. The zero-order chi connectivity index (χ0) is 13.9. The number of anilines is 1. The fourth-order valence-electron chi connectivity index (χ4n) is 2.40. The van der Waals surface area contributed by atoms with Crippen molar-refractivity contribution in [1.82, 2.24) is 19.4 Å². The van der Waals surface area contributed by atoms with Gasteiger partial charge in [-0.2, -0.15) is 16.7 Å². The number of thioether (sulfide) groups is 1. The normalized spacial score (nSPS) is 16.6. The van der Waals surface area contributed by atoms with Gasteiger partial charge in [-0.3, -0.25) is 9.47 Å². The van der Waals surface area contributed by atoms with E-state index in [4.69, 9.17) is 10.5 Å². The fourth-order valence-corrected chi connectivity index (χ4v) is 3.38. The van der Waals surface area contributed by atoms with E-state index < -0.39 is 0 Å². The number of aromatic nitrogens is 3. The second kappa shape index (κ2) is 5.88. The molecule has 3 rings (SSSR count). The van der Waals surface area contributed by atoms with E-state index in [-0.39, 0.29) is 0 Å². The van der Waals surface area contributed by atoms with E-state index in [0.29, 0.717) is 11.8 Å². The Morgan fingerprint density at radius 3 is 2.80 bits per heavy atom. The minimum absolute atomic E-state index is 0.520. The molecule has 20 heavy (non-hydrogen) atoms. The average Bonchev–Trinajstić information content (AvgIpc) is 2.80. The minimum Gasteiger partial charge on any atom is -0.481 e. The molecule has 0 aromatic carbocycles. The first-order valence-corrected chi connectivity index (χ1v) is 7.90. The summed E-state index contributed by atoms with van der Waals surface area (Å²) in [6.45, 7) is 4.09. The number of hydrogen-bond acceptors (Lipinski definition) is 6. The third-order valence-electron chi connectivity index (χ3n) is 3.55. The molecular weight excluding hydrogens is 274 g/mol. The molecule has 7 heteroatoms. The Hall–Kier alpha value is -1.47. The summed E-state index contributed by atoms with van der Waals surface area (Å²) in [6.07, 6.45) is 0. The molecule has 0 spiro atoms. The molecule has 2 aromatic rings. The van der Waals surface area contributed by atoms with E-state index >= 15 is 0 Å². The van der Waals surface area contributed by atoms with Crippen molar-refractivity contribution in [2.24, 2.45) is 0 Å². The van der Waals surface area contributed by atoms with Crippen molar-refractivity contribution >= 4 is 28.9 Å². The lowest BCUT2D eigenvalue weighted by Gasteiger charge is -2.26. The summed E-state index contributed by atoms with van der Waals surface area (Å²) >= 11 is 2.02. The van der Waals surface area contributed by atoms with Crippen LogP contribution in [0.4, 0.5) is 5.95 Å². The van der Waals surface area contributed by atoms with Crippen molar-refractivity contribution in [1.29, 1.82) is 0 Å². The third kappa shape index (κ3) is 2.69. The van der Waals surface area contributed by atoms with Gasteiger partial charge < -0.3 is 10.5 Å². The van der Waals surface area contributed by atoms with Gasteiger partial charge in [0.1, 0.15) is 5.52 Å². The Labute approximate surface area is 122 Å². The smallest absolute Gasteiger partial charge is 0.215 e. The number of methoxy groups -OCH3 is 1. The van der Waals surface area contributed by atoms with E-state index in [0.717, 1.165) is 37.3 Å². The topological polar surface area (TPSA) is 69.2 Å². The van der Waals surface area contributed by atoms with Crippen LogP contribution in [0.25, 0.3) is 11.2 Å². The van der Waals surface area contributed by atoms with Crippen molar-refractivity contribution < 1.29 is 4.74 Å². The molecule has 0 radical (unpaired) electrons. The molecule has 2 N–H and O–H groups in total. The van der Waals surface area contributed by atoms with Crippen LogP contribution < -0.4 is 10.5 Å². The lowest BCUT2D eigenvalue weighted by Crippen LogP contribution is -2.35. The number of imidazole rings is 1. The molecule has 0 amide bonds. The van der Waals surface area contributed by atoms with Crippen LogP contribution in [0.15, 0.2) is 12.1 Å². The first kappa shape index (κ1) is 13.5. The number of ether oxygens (including phenoxy) is 1. The summed E-state index contributed by atoms with van der Waals surface area (Å²) in [6, 6.07) is 3.70. The summed E-state index contributed by atoms with van der Waals surface area (Å²) in [5.41, 5.74) is 7.63. The number of nitrogens with two attached hydrogens (primary N) is 1. The lowest BCUT2D eigenvalue weighted by atomic mass is 10.4. The quantitative estimate of drug-likeness (QED) is 0.909. The Bertz CT molecular complexity index is 594. The van der Waals surface area contributed by atoms with E-state index in [1.165, 1.54) is 11.5 Å². The highest BCUT2D eigenvalue weighted by atomic mass is 32.2. The number of hydrogen-bond donors (Lipinski definition) is 1. The molecule has 0 aliphatic carbocycles. The Morgan fingerprint density at radius 1 is 1.25 bits per heavy atom. The number of fused-ring (bicyclic) bond motifs is 1. The first-order valence-electron chi connectivity index (χ1n) is 6.75. The lowest BCUT2D eigenvalue weighted by molar-refractivity contribution is 0.291. The van der Waals surface area contributed by atoms with Gasteiger partial charge in [0.15, 0.2) is 5.65 Å². The van der Waals surface area contributed by atoms with Crippen LogP contribution in [0.5, 0.6) is 5.88 Å². The van der Waals surface area contributed by atoms with Crippen molar-refractivity contribution in [2.45, 2.75) is 6.54 Å². The van der Waals surface area contributed by atoms with Crippen LogP contribution >= 0.6 is 11.8 Å². The van der Waals surface area contributed by atoms with Gasteiger partial charge in [-0.1, -0.05) is 0 Å². The van der Waals surface area contributed by atoms with Gasteiger partial charge >= 0.3 is 0 Å². The number of rotatable bonds is 4. The number of pyridine rings is 1. The van der Waals surface area contributed by atoms with Gasteiger partial charge in [-0.05, 0) is 6.07 Å². The van der Waals surface area contributed by atoms with Gasteiger partial charge in [-0.25, -0.2) is 4.98 Å². The fraction of sp³-hybridized carbons (Fsp3) is 0.538. The van der Waals surface area contributed by atoms with Crippen molar-refractivity contribution in [3.05, 3.63) is 12.1 Å².